The first kappa shape index (κ1) is 12.4. The van der Waals surface area contributed by atoms with Gasteiger partial charge in [0.1, 0.15) is 0 Å². The molecule has 3 aromatic rings. The number of carbonyl (C=O) groups excluding carboxylic acids is 1. The van der Waals surface area contributed by atoms with E-state index in [9.17, 15) is 9.59 Å². The van der Waals surface area contributed by atoms with Crippen LogP contribution in [-0.4, -0.2) is 10.9 Å². The second-order valence-corrected chi connectivity index (χ2v) is 6.62. The molecule has 5 nitrogen and oxygen atoms in total. The van der Waals surface area contributed by atoms with Gasteiger partial charge in [-0.3, -0.25) is 9.78 Å². The van der Waals surface area contributed by atoms with Crippen LogP contribution in [0.3, 0.4) is 0 Å². The molecule has 3 rings (SSSR count). The van der Waals surface area contributed by atoms with Gasteiger partial charge in [0, 0.05) is 11.1 Å². The molecule has 1 aromatic carbocycles. The molecular formula is C12H7IN2O3S. The fourth-order valence-electron chi connectivity index (χ4n) is 1.66. The Morgan fingerprint density at radius 1 is 1.37 bits per heavy atom. The van der Waals surface area contributed by atoms with E-state index < -0.39 is 5.76 Å². The van der Waals surface area contributed by atoms with Crippen molar-refractivity contribution >= 4 is 56.6 Å². The average molecular weight is 386 g/mol. The van der Waals surface area contributed by atoms with Gasteiger partial charge in [0.25, 0.3) is 5.91 Å². The monoisotopic (exact) mass is 386 g/mol. The lowest BCUT2D eigenvalue weighted by molar-refractivity contribution is 0.102. The van der Waals surface area contributed by atoms with Crippen LogP contribution in [0.4, 0.5) is 5.69 Å². The van der Waals surface area contributed by atoms with Crippen molar-refractivity contribution in [1.82, 2.24) is 4.98 Å². The number of benzene rings is 1. The molecule has 0 aliphatic heterocycles. The zero-order valence-corrected chi connectivity index (χ0v) is 12.4. The van der Waals surface area contributed by atoms with Crippen molar-refractivity contribution in [1.29, 1.82) is 0 Å². The van der Waals surface area contributed by atoms with E-state index in [2.05, 4.69) is 32.9 Å². The Balaban J connectivity index is 1.88. The molecule has 2 aromatic heterocycles. The summed E-state index contributed by atoms with van der Waals surface area (Å²) in [5.74, 6) is -0.685. The summed E-state index contributed by atoms with van der Waals surface area (Å²) in [5, 5.41) is 4.57. The Labute approximate surface area is 124 Å². The van der Waals surface area contributed by atoms with Gasteiger partial charge in [-0.2, -0.15) is 0 Å². The maximum Gasteiger partial charge on any atom is 0.417 e. The minimum Gasteiger partial charge on any atom is -0.408 e. The summed E-state index contributed by atoms with van der Waals surface area (Å²) in [4.78, 5) is 25.5. The van der Waals surface area contributed by atoms with E-state index in [1.165, 1.54) is 11.3 Å². The van der Waals surface area contributed by atoms with Crippen LogP contribution in [0.2, 0.25) is 0 Å². The van der Waals surface area contributed by atoms with Crippen LogP contribution in [0.5, 0.6) is 0 Å². The van der Waals surface area contributed by atoms with Crippen molar-refractivity contribution in [2.24, 2.45) is 0 Å². The standard InChI is InChI=1S/C12H7IN2O3S/c13-10-3-6(5-19-10)11(16)14-7-1-2-9-8(4-7)15-12(17)18-9/h1-5H,(H,14,16)(H,15,17). The number of halogens is 1. The predicted octanol–water partition coefficient (Wildman–Crippen LogP) is 3.04. The van der Waals surface area contributed by atoms with Crippen LogP contribution in [0, 0.1) is 2.88 Å². The minimum absolute atomic E-state index is 0.177. The molecule has 0 spiro atoms. The normalized spacial score (nSPS) is 10.8. The van der Waals surface area contributed by atoms with Crippen LogP contribution in [-0.2, 0) is 0 Å². The zero-order valence-electron chi connectivity index (χ0n) is 9.40. The topological polar surface area (TPSA) is 75.1 Å². The second kappa shape index (κ2) is 4.82. The fourth-order valence-corrected chi connectivity index (χ4v) is 2.99. The fraction of sp³-hybridized carbons (Fsp3) is 0. The third kappa shape index (κ3) is 2.56. The maximum atomic E-state index is 12.0. The largest absolute Gasteiger partial charge is 0.417 e. The number of H-pyrrole nitrogens is 1. The van der Waals surface area contributed by atoms with E-state index in [1.54, 1.807) is 23.6 Å². The molecule has 2 N–H and O–H groups in total. The first-order valence-electron chi connectivity index (χ1n) is 5.30. The van der Waals surface area contributed by atoms with Crippen molar-refractivity contribution in [3.63, 3.8) is 0 Å². The molecule has 7 heteroatoms. The van der Waals surface area contributed by atoms with Crippen LogP contribution in [0.1, 0.15) is 10.4 Å². The van der Waals surface area contributed by atoms with Gasteiger partial charge in [0.2, 0.25) is 0 Å². The molecule has 0 aliphatic rings. The predicted molar refractivity (Wildman–Crippen MR) is 81.8 cm³/mol. The summed E-state index contributed by atoms with van der Waals surface area (Å²) in [6.45, 7) is 0. The van der Waals surface area contributed by atoms with E-state index in [4.69, 9.17) is 4.42 Å². The Kier molecular flexibility index (Phi) is 3.15. The van der Waals surface area contributed by atoms with Crippen molar-refractivity contribution in [3.05, 3.63) is 48.6 Å². The summed E-state index contributed by atoms with van der Waals surface area (Å²) in [6.07, 6.45) is 0. The van der Waals surface area contributed by atoms with Crippen molar-refractivity contribution < 1.29 is 9.21 Å². The van der Waals surface area contributed by atoms with E-state index in [-0.39, 0.29) is 5.91 Å². The van der Waals surface area contributed by atoms with Crippen LogP contribution < -0.4 is 11.1 Å². The minimum atomic E-state index is -0.508. The number of aromatic amines is 1. The summed E-state index contributed by atoms with van der Waals surface area (Å²) < 4.78 is 5.95. The molecule has 0 atom stereocenters. The van der Waals surface area contributed by atoms with Crippen molar-refractivity contribution in [2.45, 2.75) is 0 Å². The number of oxazole rings is 1. The number of nitrogens with one attached hydrogen (secondary N) is 2. The molecule has 0 fully saturated rings. The first-order chi connectivity index (χ1) is 9.11. The van der Waals surface area contributed by atoms with Crippen LogP contribution >= 0.6 is 33.9 Å². The highest BCUT2D eigenvalue weighted by Crippen LogP contribution is 2.20. The molecule has 0 bridgehead atoms. The van der Waals surface area contributed by atoms with Gasteiger partial charge in [0.15, 0.2) is 5.58 Å². The molecule has 96 valence electrons. The number of carbonyl (C=O) groups is 1. The van der Waals surface area contributed by atoms with Crippen molar-refractivity contribution in [2.75, 3.05) is 5.32 Å². The Bertz CT molecular complexity index is 818. The van der Waals surface area contributed by atoms with E-state index >= 15 is 0 Å². The maximum absolute atomic E-state index is 12.0. The number of aromatic nitrogens is 1. The molecular weight excluding hydrogens is 379 g/mol. The molecule has 19 heavy (non-hydrogen) atoms. The molecule has 1 amide bonds. The summed E-state index contributed by atoms with van der Waals surface area (Å²) in [6, 6.07) is 6.81. The van der Waals surface area contributed by atoms with Gasteiger partial charge in [-0.15, -0.1) is 11.3 Å². The first-order valence-corrected chi connectivity index (χ1v) is 7.26. The second-order valence-electron chi connectivity index (χ2n) is 3.82. The zero-order chi connectivity index (χ0) is 13.4. The van der Waals surface area contributed by atoms with Crippen LogP contribution in [0.25, 0.3) is 11.1 Å². The van der Waals surface area contributed by atoms with Crippen LogP contribution in [0.15, 0.2) is 38.9 Å². The number of fused-ring (bicyclic) bond motifs is 1. The van der Waals surface area contributed by atoms with E-state index in [1.807, 2.05) is 6.07 Å². The number of hydrogen-bond donors (Lipinski definition) is 2. The Hall–Kier alpha value is -1.61. The molecule has 0 unspecified atom stereocenters. The number of thiophene rings is 1. The third-order valence-corrected chi connectivity index (χ3v) is 4.30. The lowest BCUT2D eigenvalue weighted by Gasteiger charge is -2.02. The lowest BCUT2D eigenvalue weighted by atomic mass is 10.2. The highest BCUT2D eigenvalue weighted by atomic mass is 127. The smallest absolute Gasteiger partial charge is 0.408 e. The quantitative estimate of drug-likeness (QED) is 0.665. The van der Waals surface area contributed by atoms with Crippen molar-refractivity contribution in [3.8, 4) is 0 Å². The summed E-state index contributed by atoms with van der Waals surface area (Å²) in [5.41, 5.74) is 2.25. The van der Waals surface area contributed by atoms with Gasteiger partial charge in [0.05, 0.1) is 14.0 Å². The van der Waals surface area contributed by atoms with Gasteiger partial charge in [-0.25, -0.2) is 4.79 Å². The lowest BCUT2D eigenvalue weighted by Crippen LogP contribution is -2.10. The molecule has 0 aliphatic carbocycles. The average Bonchev–Trinajstić information content (AvgIpc) is 2.93. The third-order valence-electron chi connectivity index (χ3n) is 2.51. The molecule has 2 heterocycles. The van der Waals surface area contributed by atoms with Gasteiger partial charge in [-0.05, 0) is 46.9 Å². The van der Waals surface area contributed by atoms with E-state index in [0.717, 1.165) is 2.88 Å². The summed E-state index contributed by atoms with van der Waals surface area (Å²) in [7, 11) is 0. The highest BCUT2D eigenvalue weighted by molar-refractivity contribution is 14.1. The summed E-state index contributed by atoms with van der Waals surface area (Å²) >= 11 is 3.68. The van der Waals surface area contributed by atoms with Gasteiger partial charge in [-0.1, -0.05) is 0 Å². The van der Waals surface area contributed by atoms with E-state index in [0.29, 0.717) is 22.4 Å². The number of anilines is 1. The number of rotatable bonds is 2. The van der Waals surface area contributed by atoms with Gasteiger partial charge >= 0.3 is 5.76 Å². The molecule has 0 saturated carbocycles. The molecule has 0 radical (unpaired) electrons. The SMILES string of the molecule is O=C(Nc1ccc2oc(=O)[nH]c2c1)c1csc(I)c1. The number of amides is 1. The van der Waals surface area contributed by atoms with Gasteiger partial charge < -0.3 is 9.73 Å². The number of hydrogen-bond acceptors (Lipinski definition) is 4. The highest BCUT2D eigenvalue weighted by Gasteiger charge is 2.09. The molecule has 0 saturated heterocycles. The Morgan fingerprint density at radius 3 is 2.95 bits per heavy atom. The Morgan fingerprint density at radius 2 is 2.21 bits per heavy atom.